The van der Waals surface area contributed by atoms with Gasteiger partial charge in [-0.05, 0) is 37.5 Å². The predicted octanol–water partition coefficient (Wildman–Crippen LogP) is 3.80. The van der Waals surface area contributed by atoms with Gasteiger partial charge in [-0.25, -0.2) is 9.97 Å². The van der Waals surface area contributed by atoms with E-state index in [1.54, 1.807) is 6.20 Å². The number of pyridine rings is 1. The van der Waals surface area contributed by atoms with Crippen LogP contribution in [0.15, 0.2) is 42.6 Å². The van der Waals surface area contributed by atoms with Crippen molar-refractivity contribution < 1.29 is 9.47 Å². The number of anilines is 1. The Hall–Kier alpha value is -3.15. The van der Waals surface area contributed by atoms with Gasteiger partial charge in [0.05, 0.1) is 13.2 Å². The first-order valence-electron chi connectivity index (χ1n) is 9.81. The van der Waals surface area contributed by atoms with E-state index in [4.69, 9.17) is 19.4 Å². The third-order valence-electron chi connectivity index (χ3n) is 5.13. The molecule has 3 aromatic rings. The Morgan fingerprint density at radius 3 is 2.82 bits per heavy atom. The predicted molar refractivity (Wildman–Crippen MR) is 107 cm³/mol. The summed E-state index contributed by atoms with van der Waals surface area (Å²) in [5.74, 6) is 3.23. The standard InChI is InChI=1S/C22H22N4O2/c1-2-11-23-18(8-1)22-25-17-9-4-7-16(17)21(26-22)24-14-15-6-3-10-19-20(15)28-13-5-12-27-19/h1-3,6,8,10-11H,4-5,7,9,12-14H2,(H,24,25,26). The molecule has 1 aromatic carbocycles. The van der Waals surface area contributed by atoms with Crippen LogP contribution in [-0.4, -0.2) is 28.2 Å². The van der Waals surface area contributed by atoms with Crippen LogP contribution in [-0.2, 0) is 19.4 Å². The quantitative estimate of drug-likeness (QED) is 0.749. The monoisotopic (exact) mass is 374 g/mol. The second-order valence-electron chi connectivity index (χ2n) is 7.04. The van der Waals surface area contributed by atoms with E-state index >= 15 is 0 Å². The smallest absolute Gasteiger partial charge is 0.180 e. The molecule has 2 aromatic heterocycles. The molecule has 0 radical (unpaired) electrons. The van der Waals surface area contributed by atoms with E-state index in [1.807, 2.05) is 30.3 Å². The van der Waals surface area contributed by atoms with Gasteiger partial charge in [0.2, 0.25) is 0 Å². The lowest BCUT2D eigenvalue weighted by Crippen LogP contribution is -2.09. The van der Waals surface area contributed by atoms with Crippen LogP contribution < -0.4 is 14.8 Å². The van der Waals surface area contributed by atoms with Crippen molar-refractivity contribution in [3.63, 3.8) is 0 Å². The first-order valence-corrected chi connectivity index (χ1v) is 9.81. The van der Waals surface area contributed by atoms with Gasteiger partial charge < -0.3 is 14.8 Å². The number of nitrogens with zero attached hydrogens (tertiary/aromatic N) is 3. The Balaban J connectivity index is 1.46. The van der Waals surface area contributed by atoms with Gasteiger partial charge in [0.1, 0.15) is 11.5 Å². The van der Waals surface area contributed by atoms with Gasteiger partial charge >= 0.3 is 0 Å². The Bertz CT molecular complexity index is 991. The van der Waals surface area contributed by atoms with Crippen molar-refractivity contribution in [2.75, 3.05) is 18.5 Å². The number of hydrogen-bond donors (Lipinski definition) is 1. The van der Waals surface area contributed by atoms with Crippen molar-refractivity contribution >= 4 is 5.82 Å². The highest BCUT2D eigenvalue weighted by atomic mass is 16.5. The number of rotatable bonds is 4. The molecule has 142 valence electrons. The van der Waals surface area contributed by atoms with Gasteiger partial charge in [0.25, 0.3) is 0 Å². The lowest BCUT2D eigenvalue weighted by molar-refractivity contribution is 0.296. The summed E-state index contributed by atoms with van der Waals surface area (Å²) in [7, 11) is 0. The van der Waals surface area contributed by atoms with Crippen LogP contribution in [0.2, 0.25) is 0 Å². The van der Waals surface area contributed by atoms with Crippen molar-refractivity contribution in [2.24, 2.45) is 0 Å². The summed E-state index contributed by atoms with van der Waals surface area (Å²) < 4.78 is 11.8. The Morgan fingerprint density at radius 1 is 0.929 bits per heavy atom. The molecule has 0 unspecified atom stereocenters. The van der Waals surface area contributed by atoms with E-state index in [2.05, 4.69) is 16.4 Å². The maximum atomic E-state index is 5.95. The van der Waals surface area contributed by atoms with Gasteiger partial charge in [0, 0.05) is 36.0 Å². The highest BCUT2D eigenvalue weighted by Crippen LogP contribution is 2.34. The van der Waals surface area contributed by atoms with E-state index in [0.29, 0.717) is 25.6 Å². The molecule has 28 heavy (non-hydrogen) atoms. The minimum atomic E-state index is 0.623. The largest absolute Gasteiger partial charge is 0.490 e. The van der Waals surface area contributed by atoms with E-state index in [1.165, 1.54) is 5.56 Å². The Labute approximate surface area is 164 Å². The van der Waals surface area contributed by atoms with Gasteiger partial charge in [0.15, 0.2) is 17.3 Å². The van der Waals surface area contributed by atoms with Crippen LogP contribution in [0, 0.1) is 0 Å². The van der Waals surface area contributed by atoms with E-state index in [-0.39, 0.29) is 0 Å². The Morgan fingerprint density at radius 2 is 1.89 bits per heavy atom. The average molecular weight is 374 g/mol. The normalized spacial score (nSPS) is 15.0. The second-order valence-corrected chi connectivity index (χ2v) is 7.04. The highest BCUT2D eigenvalue weighted by Gasteiger charge is 2.21. The van der Waals surface area contributed by atoms with Crippen LogP contribution in [0.4, 0.5) is 5.82 Å². The number of hydrogen-bond acceptors (Lipinski definition) is 6. The fourth-order valence-electron chi connectivity index (χ4n) is 3.76. The molecule has 6 nitrogen and oxygen atoms in total. The summed E-state index contributed by atoms with van der Waals surface area (Å²) in [5, 5.41) is 3.53. The molecule has 0 bridgehead atoms. The Kier molecular flexibility index (Phi) is 4.53. The minimum absolute atomic E-state index is 0.623. The van der Waals surface area contributed by atoms with Gasteiger partial charge in [-0.1, -0.05) is 18.2 Å². The molecule has 5 rings (SSSR count). The molecule has 1 N–H and O–H groups in total. The number of para-hydroxylation sites is 1. The number of benzene rings is 1. The third kappa shape index (κ3) is 3.26. The number of fused-ring (bicyclic) bond motifs is 2. The molecule has 0 spiro atoms. The number of aryl methyl sites for hydroxylation is 1. The van der Waals surface area contributed by atoms with Gasteiger partial charge in [-0.3, -0.25) is 4.98 Å². The summed E-state index contributed by atoms with van der Waals surface area (Å²) >= 11 is 0. The maximum Gasteiger partial charge on any atom is 0.180 e. The zero-order valence-corrected chi connectivity index (χ0v) is 15.6. The molecule has 0 saturated carbocycles. The molecule has 6 heteroatoms. The second kappa shape index (κ2) is 7.46. The van der Waals surface area contributed by atoms with Crippen molar-refractivity contribution in [3.05, 3.63) is 59.4 Å². The molecule has 0 atom stereocenters. The molecule has 0 fully saturated rings. The molecule has 0 saturated heterocycles. The van der Waals surface area contributed by atoms with E-state index in [0.717, 1.165) is 60.0 Å². The fourth-order valence-corrected chi connectivity index (χ4v) is 3.76. The first kappa shape index (κ1) is 17.0. The van der Waals surface area contributed by atoms with Crippen molar-refractivity contribution in [3.8, 4) is 23.0 Å². The maximum absolute atomic E-state index is 5.95. The lowest BCUT2D eigenvalue weighted by Gasteiger charge is -2.15. The molecule has 3 heterocycles. The van der Waals surface area contributed by atoms with Crippen LogP contribution >= 0.6 is 0 Å². The molecule has 2 aliphatic rings. The summed E-state index contributed by atoms with van der Waals surface area (Å²) in [6.45, 7) is 1.99. The minimum Gasteiger partial charge on any atom is -0.490 e. The summed E-state index contributed by atoms with van der Waals surface area (Å²) in [5.41, 5.74) is 4.22. The van der Waals surface area contributed by atoms with Crippen molar-refractivity contribution in [2.45, 2.75) is 32.2 Å². The average Bonchev–Trinajstić information content (AvgIpc) is 3.09. The molecule has 0 amide bonds. The summed E-state index contributed by atoms with van der Waals surface area (Å²) in [4.78, 5) is 14.0. The fraction of sp³-hybridized carbons (Fsp3) is 0.318. The van der Waals surface area contributed by atoms with Crippen molar-refractivity contribution in [1.82, 2.24) is 15.0 Å². The lowest BCUT2D eigenvalue weighted by atomic mass is 10.1. The molecule has 1 aliphatic heterocycles. The number of aromatic nitrogens is 3. The van der Waals surface area contributed by atoms with Gasteiger partial charge in [-0.2, -0.15) is 0 Å². The first-order chi connectivity index (χ1) is 13.9. The molecular weight excluding hydrogens is 352 g/mol. The SMILES string of the molecule is c1ccc(-c2nc3c(c(NCc4cccc5c4OCCCO5)n2)CCC3)nc1. The van der Waals surface area contributed by atoms with Crippen molar-refractivity contribution in [1.29, 1.82) is 0 Å². The van der Waals surface area contributed by atoms with Crippen LogP contribution in [0.3, 0.4) is 0 Å². The number of nitrogens with one attached hydrogen (secondary N) is 1. The zero-order valence-electron chi connectivity index (χ0n) is 15.6. The van der Waals surface area contributed by atoms with Crippen LogP contribution in [0.1, 0.15) is 29.7 Å². The number of ether oxygens (including phenoxy) is 2. The topological polar surface area (TPSA) is 69.2 Å². The third-order valence-corrected chi connectivity index (χ3v) is 5.13. The van der Waals surface area contributed by atoms with Gasteiger partial charge in [-0.15, -0.1) is 0 Å². The van der Waals surface area contributed by atoms with E-state index < -0.39 is 0 Å². The summed E-state index contributed by atoms with van der Waals surface area (Å²) in [6.07, 6.45) is 5.78. The zero-order chi connectivity index (χ0) is 18.8. The highest BCUT2D eigenvalue weighted by molar-refractivity contribution is 5.58. The molecular formula is C22H22N4O2. The summed E-state index contributed by atoms with van der Waals surface area (Å²) in [6, 6.07) is 11.9. The molecule has 1 aliphatic carbocycles. The van der Waals surface area contributed by atoms with Crippen LogP contribution in [0.25, 0.3) is 11.5 Å². The van der Waals surface area contributed by atoms with Crippen LogP contribution in [0.5, 0.6) is 11.5 Å². The van der Waals surface area contributed by atoms with E-state index in [9.17, 15) is 0 Å².